The molecule has 3 N–H and O–H groups in total. The topological polar surface area (TPSA) is 75.4 Å². The summed E-state index contributed by atoms with van der Waals surface area (Å²) >= 11 is 1.73. The average Bonchev–Trinajstić information content (AvgIpc) is 3.05. The Labute approximate surface area is 160 Å². The van der Waals surface area contributed by atoms with Crippen LogP contribution < -0.4 is 10.5 Å². The third-order valence-corrected chi connectivity index (χ3v) is 6.61. The summed E-state index contributed by atoms with van der Waals surface area (Å²) in [5.41, 5.74) is 0.0709. The number of nitrogens with one attached hydrogen (secondary N) is 1. The maximum absolute atomic E-state index is 13.3. The Hall–Kier alpha value is -1.62. The largest absolute Gasteiger partial charge is 0.418 e. The highest BCUT2D eigenvalue weighted by Crippen LogP contribution is 2.36. The number of rotatable bonds is 5. The van der Waals surface area contributed by atoms with Crippen molar-refractivity contribution < 1.29 is 21.6 Å². The fourth-order valence-corrected chi connectivity index (χ4v) is 4.55. The van der Waals surface area contributed by atoms with Crippen LogP contribution in [-0.2, 0) is 29.2 Å². The third kappa shape index (κ3) is 4.63. The van der Waals surface area contributed by atoms with E-state index in [0.29, 0.717) is 12.6 Å². The molecule has 27 heavy (non-hydrogen) atoms. The van der Waals surface area contributed by atoms with Crippen LogP contribution in [0.3, 0.4) is 0 Å². The van der Waals surface area contributed by atoms with Crippen LogP contribution in [0.4, 0.5) is 18.9 Å². The molecule has 1 aromatic carbocycles. The number of nitrogens with two attached hydrogens (primary N) is 1. The molecule has 1 atom stereocenters. The summed E-state index contributed by atoms with van der Waals surface area (Å²) < 4.78 is 62.7. The standard InChI is InChI=1S/C17H20F3N3O2S2/c1-11(23-6-4-16-12(10-23)5-7-26-16)9-22-15-3-2-13(27(21,24)25)8-14(15)17(18,19)20/h2-3,5,7-8,11,22H,4,6,9-10H2,1H3,(H2,21,24,25). The Bertz CT molecular complexity index is 926. The van der Waals surface area contributed by atoms with Gasteiger partial charge >= 0.3 is 6.18 Å². The van der Waals surface area contributed by atoms with Crippen LogP contribution in [0.25, 0.3) is 0 Å². The van der Waals surface area contributed by atoms with Gasteiger partial charge in [0.25, 0.3) is 0 Å². The van der Waals surface area contributed by atoms with Gasteiger partial charge in [-0.1, -0.05) is 0 Å². The molecule has 0 saturated carbocycles. The first-order valence-corrected chi connectivity index (χ1v) is 10.8. The number of nitrogens with zero attached hydrogens (tertiary/aromatic N) is 1. The van der Waals surface area contributed by atoms with Crippen LogP contribution in [0.2, 0.25) is 0 Å². The molecule has 1 aliphatic heterocycles. The predicted octanol–water partition coefficient (Wildman–Crippen LogP) is 3.27. The van der Waals surface area contributed by atoms with Gasteiger partial charge in [-0.25, -0.2) is 13.6 Å². The molecular formula is C17H20F3N3O2S2. The number of hydrogen-bond donors (Lipinski definition) is 2. The Morgan fingerprint density at radius 2 is 2.07 bits per heavy atom. The second-order valence-corrected chi connectivity index (χ2v) is 9.13. The van der Waals surface area contributed by atoms with E-state index in [1.165, 1.54) is 10.4 Å². The van der Waals surface area contributed by atoms with Crippen LogP contribution in [0.15, 0.2) is 34.5 Å². The monoisotopic (exact) mass is 419 g/mol. The van der Waals surface area contributed by atoms with Crippen LogP contribution in [0.1, 0.15) is 22.9 Å². The average molecular weight is 419 g/mol. The summed E-state index contributed by atoms with van der Waals surface area (Å²) in [5, 5.41) is 9.82. The zero-order chi connectivity index (χ0) is 19.8. The highest BCUT2D eigenvalue weighted by Gasteiger charge is 2.35. The number of thiophene rings is 1. The molecule has 0 aliphatic carbocycles. The van der Waals surface area contributed by atoms with E-state index < -0.39 is 26.7 Å². The number of halogens is 3. The first-order valence-electron chi connectivity index (χ1n) is 8.33. The lowest BCUT2D eigenvalue weighted by Gasteiger charge is -2.33. The van der Waals surface area contributed by atoms with Gasteiger partial charge in [0.1, 0.15) is 0 Å². The molecule has 0 radical (unpaired) electrons. The number of sulfonamides is 1. The number of primary sulfonamides is 1. The van der Waals surface area contributed by atoms with E-state index in [0.717, 1.165) is 31.6 Å². The maximum Gasteiger partial charge on any atom is 0.418 e. The zero-order valence-corrected chi connectivity index (χ0v) is 16.2. The van der Waals surface area contributed by atoms with Gasteiger partial charge in [0, 0.05) is 36.2 Å². The second kappa shape index (κ2) is 7.42. The van der Waals surface area contributed by atoms with Gasteiger partial charge in [0.2, 0.25) is 10.0 Å². The molecule has 5 nitrogen and oxygen atoms in total. The number of fused-ring (bicyclic) bond motifs is 1. The molecule has 0 spiro atoms. The Morgan fingerprint density at radius 1 is 1.33 bits per heavy atom. The Kier molecular flexibility index (Phi) is 5.53. The SMILES string of the molecule is CC(CNc1ccc(S(N)(=O)=O)cc1C(F)(F)F)N1CCc2sccc2C1. The minimum atomic E-state index is -4.69. The van der Waals surface area contributed by atoms with E-state index in [-0.39, 0.29) is 11.7 Å². The van der Waals surface area contributed by atoms with E-state index in [1.807, 2.05) is 6.92 Å². The molecule has 0 saturated heterocycles. The quantitative estimate of drug-likeness (QED) is 0.780. The van der Waals surface area contributed by atoms with Crippen LogP contribution in [0, 0.1) is 0 Å². The molecular weight excluding hydrogens is 399 g/mol. The summed E-state index contributed by atoms with van der Waals surface area (Å²) in [6, 6.07) is 4.86. The van der Waals surface area contributed by atoms with Crippen molar-refractivity contribution in [1.29, 1.82) is 0 Å². The highest BCUT2D eigenvalue weighted by atomic mass is 32.2. The first-order chi connectivity index (χ1) is 12.6. The molecule has 1 aliphatic rings. The van der Waals surface area contributed by atoms with Gasteiger partial charge in [-0.15, -0.1) is 11.3 Å². The molecule has 1 unspecified atom stereocenters. The lowest BCUT2D eigenvalue weighted by Crippen LogP contribution is -2.41. The van der Waals surface area contributed by atoms with Crippen molar-refractivity contribution in [3.05, 3.63) is 45.6 Å². The number of hydrogen-bond acceptors (Lipinski definition) is 5. The molecule has 3 rings (SSSR count). The van der Waals surface area contributed by atoms with E-state index in [9.17, 15) is 21.6 Å². The smallest absolute Gasteiger partial charge is 0.383 e. The Morgan fingerprint density at radius 3 is 2.74 bits per heavy atom. The molecule has 2 aromatic rings. The molecule has 0 amide bonds. The number of alkyl halides is 3. The lowest BCUT2D eigenvalue weighted by atomic mass is 10.1. The van der Waals surface area contributed by atoms with Crippen molar-refractivity contribution in [2.75, 3.05) is 18.4 Å². The number of benzene rings is 1. The van der Waals surface area contributed by atoms with Gasteiger partial charge in [-0.3, -0.25) is 4.90 Å². The molecule has 1 aromatic heterocycles. The van der Waals surface area contributed by atoms with Crippen LogP contribution in [0.5, 0.6) is 0 Å². The highest BCUT2D eigenvalue weighted by molar-refractivity contribution is 7.89. The molecule has 148 valence electrons. The predicted molar refractivity (Wildman–Crippen MR) is 99.2 cm³/mol. The van der Waals surface area contributed by atoms with Gasteiger partial charge in [0.15, 0.2) is 0 Å². The van der Waals surface area contributed by atoms with Gasteiger partial charge in [-0.2, -0.15) is 13.2 Å². The normalized spacial score (nSPS) is 16.8. The van der Waals surface area contributed by atoms with E-state index in [1.54, 1.807) is 11.3 Å². The molecule has 2 heterocycles. The summed E-state index contributed by atoms with van der Waals surface area (Å²) in [4.78, 5) is 3.02. The van der Waals surface area contributed by atoms with Crippen molar-refractivity contribution >= 4 is 27.0 Å². The van der Waals surface area contributed by atoms with Crippen molar-refractivity contribution in [3.8, 4) is 0 Å². The summed E-state index contributed by atoms with van der Waals surface area (Å²) in [7, 11) is -4.21. The van der Waals surface area contributed by atoms with Crippen molar-refractivity contribution in [3.63, 3.8) is 0 Å². The van der Waals surface area contributed by atoms with Crippen LogP contribution >= 0.6 is 11.3 Å². The van der Waals surface area contributed by atoms with E-state index in [2.05, 4.69) is 21.7 Å². The Balaban J connectivity index is 1.74. The fraction of sp³-hybridized carbons (Fsp3) is 0.412. The molecule has 0 fully saturated rings. The van der Waals surface area contributed by atoms with Gasteiger partial charge in [-0.05, 0) is 48.6 Å². The van der Waals surface area contributed by atoms with Gasteiger partial charge in [0.05, 0.1) is 10.5 Å². The first kappa shape index (κ1) is 20.1. The minimum absolute atomic E-state index is 0.0112. The summed E-state index contributed by atoms with van der Waals surface area (Å²) in [6.45, 7) is 3.89. The molecule has 10 heteroatoms. The van der Waals surface area contributed by atoms with Crippen LogP contribution in [-0.4, -0.2) is 32.4 Å². The lowest BCUT2D eigenvalue weighted by molar-refractivity contribution is -0.137. The summed E-state index contributed by atoms with van der Waals surface area (Å²) in [6.07, 6.45) is -3.75. The van der Waals surface area contributed by atoms with Crippen molar-refractivity contribution in [1.82, 2.24) is 4.90 Å². The zero-order valence-electron chi connectivity index (χ0n) is 14.6. The number of anilines is 1. The second-order valence-electron chi connectivity index (χ2n) is 6.57. The van der Waals surface area contributed by atoms with Gasteiger partial charge < -0.3 is 5.32 Å². The van der Waals surface area contributed by atoms with Crippen molar-refractivity contribution in [2.24, 2.45) is 5.14 Å². The molecule has 0 bridgehead atoms. The third-order valence-electron chi connectivity index (χ3n) is 4.67. The van der Waals surface area contributed by atoms with E-state index in [4.69, 9.17) is 5.14 Å². The van der Waals surface area contributed by atoms with Crippen molar-refractivity contribution in [2.45, 2.75) is 37.0 Å². The summed E-state index contributed by atoms with van der Waals surface area (Å²) in [5.74, 6) is 0. The van der Waals surface area contributed by atoms with E-state index >= 15 is 0 Å². The fourth-order valence-electron chi connectivity index (χ4n) is 3.12. The minimum Gasteiger partial charge on any atom is -0.383 e. The maximum atomic E-state index is 13.3.